The molecule has 3 N–H and O–H groups in total. The second-order valence-electron chi connectivity index (χ2n) is 25.9. The van der Waals surface area contributed by atoms with Crippen molar-refractivity contribution in [1.82, 2.24) is 14.8 Å². The van der Waals surface area contributed by atoms with Gasteiger partial charge in [0.2, 0.25) is 0 Å². The van der Waals surface area contributed by atoms with E-state index >= 15 is 9.59 Å². The summed E-state index contributed by atoms with van der Waals surface area (Å²) in [5.41, 5.74) is -2.00. The maximum atomic E-state index is 15.6. The number of ether oxygens (including phenoxy) is 10. The maximum Gasteiger partial charge on any atom is 0.320 e. The molecule has 1 aliphatic carbocycles. The van der Waals surface area contributed by atoms with Gasteiger partial charge < -0.3 is 77.4 Å². The van der Waals surface area contributed by atoms with E-state index in [-0.39, 0.29) is 50.3 Å². The van der Waals surface area contributed by atoms with E-state index in [1.54, 1.807) is 46.6 Å². The number of hydrogen-bond acceptors (Lipinski definition) is 20. The summed E-state index contributed by atoms with van der Waals surface area (Å²) in [6.07, 6.45) is -1.75. The van der Waals surface area contributed by atoms with Gasteiger partial charge in [0.05, 0.1) is 83.5 Å². The molecule has 5 saturated heterocycles. The Hall–Kier alpha value is -3.62. The lowest BCUT2D eigenvalue weighted by Gasteiger charge is -2.50. The summed E-state index contributed by atoms with van der Waals surface area (Å²) >= 11 is 14.9. The third-order valence-electron chi connectivity index (χ3n) is 19.8. The van der Waals surface area contributed by atoms with Gasteiger partial charge in [0.25, 0.3) is 0 Å². The number of morpholine rings is 1. The fraction of sp³-hybridized carbons (Fsp3) is 0.766. The SMILES string of the molecule is CC[C@H]1OC(=O)[C@H](C)[C@@H](O[C@H]2C[C@@](C)(OC)[C@@H](O)[C@H](C)O2)[C@H](C)[C@@H](O[C@@H]2O[C@H](C)C[C@H](N(C)C(=O)N3CCOCC3)[C@H]2O)[C@](C)(OC)C[C@@H](C)C(=O)[C@H](C)[C@H]2[C@H](SCCN(Cc3c(Cl)cncc3Cl)c3ccc(CO)c(OC4CCCC4)c3)C(=O)O[C@@]21C. The summed E-state index contributed by atoms with van der Waals surface area (Å²) in [6, 6.07) is 4.64. The highest BCUT2D eigenvalue weighted by molar-refractivity contribution is 8.00. The Morgan fingerprint density at radius 2 is 1.57 bits per heavy atom. The molecule has 21 nitrogen and oxygen atoms in total. The van der Waals surface area contributed by atoms with Crippen LogP contribution in [0.2, 0.25) is 10.0 Å². The standard InChI is InChI=1S/C64H96Cl2N4O17S/c1-14-49-64(10)51(55(59(76)87-64)88-26-23-70(33-44-45(65)31-67-32-46(44)66)42-20-19-41(34-71)48(28-42)83-43-17-15-16-18-43)37(4)52(72)35(2)29-63(9,79-13)57(86-60-53(73)47(27-36(3)81-60)68(11)61(77)69-21-24-80-25-22-69)38(5)54(39(6)58(75)84-49)85-50-30-62(8,78-12)56(74)40(7)82-50/h19-20,28,31-32,35-40,43,47,49-51,53-57,60,71,73-74H,14-18,21-27,29-30,33-34H2,1-13H3/t35-,36-,37-,38+,39-,40+,47+,49-,50+,51+,53-,54+,55+,56+,57-,60+,62-,63-,64-/m1/s1. The van der Waals surface area contributed by atoms with Gasteiger partial charge in [0.1, 0.15) is 35.1 Å². The van der Waals surface area contributed by atoms with E-state index in [2.05, 4.69) is 9.88 Å². The van der Waals surface area contributed by atoms with Crippen molar-refractivity contribution >= 4 is 64.4 Å². The lowest BCUT2D eigenvalue weighted by atomic mass is 9.70. The molecule has 19 atom stereocenters. The van der Waals surface area contributed by atoms with Crippen LogP contribution in [0, 0.1) is 29.6 Å². The molecular weight excluding hydrogens is 1200 g/mol. The normalized spacial score (nSPS) is 37.2. The molecular formula is C64H96Cl2N4O17S. The number of thioether (sulfide) groups is 1. The zero-order valence-corrected chi connectivity index (χ0v) is 55.9. The number of anilines is 1. The number of aromatic nitrogens is 1. The lowest BCUT2D eigenvalue weighted by Crippen LogP contribution is -2.62. The molecule has 0 spiro atoms. The topological polar surface area (TPSA) is 244 Å². The fourth-order valence-corrected chi connectivity index (χ4v) is 16.4. The summed E-state index contributed by atoms with van der Waals surface area (Å²) in [5.74, 6) is -4.99. The lowest BCUT2D eigenvalue weighted by molar-refractivity contribution is -0.319. The van der Waals surface area contributed by atoms with Crippen molar-refractivity contribution in [3.63, 3.8) is 0 Å². The molecule has 1 aromatic carbocycles. The number of Topliss-reactive ketones (excluding diaryl/α,β-unsaturated/α-hetero) is 1. The van der Waals surface area contributed by atoms with Crippen LogP contribution in [0.1, 0.15) is 132 Å². The highest BCUT2D eigenvalue weighted by Crippen LogP contribution is 2.50. The Kier molecular flexibility index (Phi) is 23.9. The monoisotopic (exact) mass is 1290 g/mol. The molecule has 0 bridgehead atoms. The molecule has 0 unspecified atom stereocenters. The molecule has 2 amide bonds. The van der Waals surface area contributed by atoms with Gasteiger partial charge in [-0.15, -0.1) is 11.8 Å². The van der Waals surface area contributed by atoms with Gasteiger partial charge in [0, 0.05) is 119 Å². The average Bonchev–Trinajstić information content (AvgIpc) is 1.96. The van der Waals surface area contributed by atoms with Crippen molar-refractivity contribution in [3.8, 4) is 5.75 Å². The van der Waals surface area contributed by atoms with Gasteiger partial charge in [-0.25, -0.2) is 4.79 Å². The number of cyclic esters (lactones) is 1. The Balaban J connectivity index is 1.15. The first-order valence-electron chi connectivity index (χ1n) is 31.4. The van der Waals surface area contributed by atoms with E-state index in [9.17, 15) is 24.9 Å². The second kappa shape index (κ2) is 30.0. The van der Waals surface area contributed by atoms with Gasteiger partial charge in [-0.2, -0.15) is 0 Å². The van der Waals surface area contributed by atoms with Crippen LogP contribution in [0.15, 0.2) is 30.6 Å². The van der Waals surface area contributed by atoms with E-state index in [0.717, 1.165) is 31.4 Å². The number of nitrogens with zero attached hydrogens (tertiary/aromatic N) is 4. The number of likely N-dealkylation sites (N-methyl/N-ethyl adjacent to an activating group) is 1. The Morgan fingerprint density at radius 3 is 2.20 bits per heavy atom. The molecule has 88 heavy (non-hydrogen) atoms. The van der Waals surface area contributed by atoms with Gasteiger partial charge in [-0.05, 0) is 92.6 Å². The third-order valence-corrected chi connectivity index (χ3v) is 21.7. The van der Waals surface area contributed by atoms with Crippen molar-refractivity contribution < 1.29 is 81.9 Å². The van der Waals surface area contributed by atoms with Crippen LogP contribution in [0.5, 0.6) is 5.75 Å². The molecule has 5 aliphatic heterocycles. The fourth-order valence-electron chi connectivity index (χ4n) is 14.4. The Bertz CT molecular complexity index is 2690. The van der Waals surface area contributed by atoms with E-state index in [1.165, 1.54) is 43.3 Å². The minimum absolute atomic E-state index is 0.0212. The highest BCUT2D eigenvalue weighted by atomic mass is 35.5. The first-order valence-corrected chi connectivity index (χ1v) is 33.2. The van der Waals surface area contributed by atoms with Gasteiger partial charge >= 0.3 is 18.0 Å². The summed E-state index contributed by atoms with van der Waals surface area (Å²) in [5, 5.41) is 33.9. The predicted molar refractivity (Wildman–Crippen MR) is 331 cm³/mol. The van der Waals surface area contributed by atoms with Crippen LogP contribution in [-0.4, -0.2) is 203 Å². The van der Waals surface area contributed by atoms with Gasteiger partial charge in [-0.3, -0.25) is 19.4 Å². The summed E-state index contributed by atoms with van der Waals surface area (Å²) in [6.45, 7) is 19.8. The third kappa shape index (κ3) is 15.2. The number of carbonyl (C=O) groups is 4. The van der Waals surface area contributed by atoms with Crippen LogP contribution >= 0.6 is 35.0 Å². The van der Waals surface area contributed by atoms with Crippen LogP contribution < -0.4 is 9.64 Å². The Labute approximate surface area is 533 Å². The zero-order valence-electron chi connectivity index (χ0n) is 53.5. The number of hydrogen-bond donors (Lipinski definition) is 3. The van der Waals surface area contributed by atoms with E-state index in [4.69, 9.17) is 70.6 Å². The van der Waals surface area contributed by atoms with Crippen LogP contribution in [0.25, 0.3) is 0 Å². The van der Waals surface area contributed by atoms with Crippen molar-refractivity contribution in [2.24, 2.45) is 29.6 Å². The van der Waals surface area contributed by atoms with Gasteiger partial charge in [-0.1, -0.05) is 57.0 Å². The number of pyridine rings is 1. The van der Waals surface area contributed by atoms with E-state index in [0.29, 0.717) is 71.9 Å². The number of amides is 2. The minimum Gasteiger partial charge on any atom is -0.490 e. The number of aliphatic hydroxyl groups is 3. The molecule has 0 radical (unpaired) electrons. The van der Waals surface area contributed by atoms with E-state index in [1.807, 2.05) is 52.8 Å². The number of urea groups is 1. The van der Waals surface area contributed by atoms with Crippen LogP contribution in [-0.2, 0) is 70.2 Å². The molecule has 8 rings (SSSR count). The van der Waals surface area contributed by atoms with Crippen LogP contribution in [0.4, 0.5) is 10.5 Å². The average molecular weight is 1300 g/mol. The number of esters is 2. The number of carbonyl (C=O) groups excluding carboxylic acids is 4. The molecule has 1 aromatic heterocycles. The number of ketones is 1. The molecule has 6 fully saturated rings. The quantitative estimate of drug-likeness (QED) is 0.119. The summed E-state index contributed by atoms with van der Waals surface area (Å²) in [7, 11) is 4.67. The van der Waals surface area contributed by atoms with Gasteiger partial charge in [0.15, 0.2) is 18.2 Å². The first-order chi connectivity index (χ1) is 41.7. The van der Waals surface area contributed by atoms with Crippen LogP contribution in [0.3, 0.4) is 0 Å². The van der Waals surface area contributed by atoms with Crippen molar-refractivity contribution in [3.05, 3.63) is 51.8 Å². The molecule has 24 heteroatoms. The summed E-state index contributed by atoms with van der Waals surface area (Å²) in [4.78, 5) is 69.3. The number of halogens is 2. The smallest absolute Gasteiger partial charge is 0.320 e. The minimum atomic E-state index is -1.52. The molecule has 6 heterocycles. The highest BCUT2D eigenvalue weighted by Gasteiger charge is 2.62. The number of benzene rings is 1. The summed E-state index contributed by atoms with van der Waals surface area (Å²) < 4.78 is 64.7. The largest absolute Gasteiger partial charge is 0.490 e. The Morgan fingerprint density at radius 1 is 0.898 bits per heavy atom. The number of aliphatic hydroxyl groups excluding tert-OH is 3. The van der Waals surface area contributed by atoms with Crippen molar-refractivity contribution in [1.29, 1.82) is 0 Å². The predicted octanol–water partition coefficient (Wildman–Crippen LogP) is 8.41. The number of fused-ring (bicyclic) bond motifs is 1. The maximum absolute atomic E-state index is 15.6. The molecule has 2 aromatic rings. The number of rotatable bonds is 18. The molecule has 6 aliphatic rings. The zero-order chi connectivity index (χ0) is 64.2. The van der Waals surface area contributed by atoms with Crippen molar-refractivity contribution in [2.75, 3.05) is 64.8 Å². The van der Waals surface area contributed by atoms with E-state index < -0.39 is 125 Å². The van der Waals surface area contributed by atoms with Crippen molar-refractivity contribution in [2.45, 2.75) is 223 Å². The second-order valence-corrected chi connectivity index (χ2v) is 28.0. The molecule has 494 valence electrons. The first kappa shape index (κ1) is 70.3. The number of methoxy groups -OCH3 is 2. The molecule has 1 saturated carbocycles.